The van der Waals surface area contributed by atoms with Gasteiger partial charge in [-0.25, -0.2) is 4.79 Å². The smallest absolute Gasteiger partial charge is 0.345 e. The van der Waals surface area contributed by atoms with E-state index in [1.54, 1.807) is 28.7 Å². The van der Waals surface area contributed by atoms with E-state index in [0.717, 1.165) is 20.2 Å². The van der Waals surface area contributed by atoms with Crippen LogP contribution in [0.1, 0.15) is 9.67 Å². The van der Waals surface area contributed by atoms with Gasteiger partial charge in [0.25, 0.3) is 0 Å². The van der Waals surface area contributed by atoms with Crippen LogP contribution in [-0.2, 0) is 0 Å². The van der Waals surface area contributed by atoms with Crippen molar-refractivity contribution in [1.29, 1.82) is 0 Å². The van der Waals surface area contributed by atoms with Gasteiger partial charge in [-0.05, 0) is 29.0 Å². The molecule has 0 radical (unpaired) electrons. The Bertz CT molecular complexity index is 611. The quantitative estimate of drug-likeness (QED) is 0.745. The van der Waals surface area contributed by atoms with Crippen molar-refractivity contribution >= 4 is 40.0 Å². The van der Waals surface area contributed by atoms with Gasteiger partial charge in [0.15, 0.2) is 0 Å². The molecule has 3 aromatic heterocycles. The Morgan fingerprint density at radius 3 is 2.28 bits per heavy atom. The van der Waals surface area contributed by atoms with Crippen molar-refractivity contribution in [2.24, 2.45) is 0 Å². The summed E-state index contributed by atoms with van der Waals surface area (Å²) in [7, 11) is 0. The van der Waals surface area contributed by atoms with Crippen molar-refractivity contribution in [3.05, 3.63) is 46.0 Å². The van der Waals surface area contributed by atoms with E-state index in [1.165, 1.54) is 11.3 Å². The largest absolute Gasteiger partial charge is 0.477 e. The molecule has 0 saturated heterocycles. The second kappa shape index (κ2) is 4.68. The zero-order valence-electron chi connectivity index (χ0n) is 9.12. The first-order valence-electron chi connectivity index (χ1n) is 5.20. The van der Waals surface area contributed by atoms with Crippen LogP contribution >= 0.6 is 34.0 Å². The lowest BCUT2D eigenvalue weighted by Crippen LogP contribution is -1.89. The molecule has 0 aliphatic heterocycles. The average molecular weight is 292 g/mol. The van der Waals surface area contributed by atoms with Gasteiger partial charge < -0.3 is 5.11 Å². The maximum Gasteiger partial charge on any atom is 0.345 e. The third kappa shape index (κ3) is 2.01. The maximum atomic E-state index is 11.1. The SMILES string of the molecule is O=C(O)c1cc(-c2cccs2)c(-c2cccs2)s1. The summed E-state index contributed by atoms with van der Waals surface area (Å²) in [6.45, 7) is 0. The summed E-state index contributed by atoms with van der Waals surface area (Å²) in [6, 6.07) is 9.79. The minimum atomic E-state index is -0.861. The fourth-order valence-electron chi connectivity index (χ4n) is 1.70. The van der Waals surface area contributed by atoms with E-state index in [1.807, 2.05) is 35.0 Å². The zero-order chi connectivity index (χ0) is 12.5. The standard InChI is InChI=1S/C13H8O2S3/c14-13(15)11-7-8(9-3-1-5-16-9)12(18-11)10-4-2-6-17-10/h1-7H,(H,14,15). The Morgan fingerprint density at radius 2 is 1.72 bits per heavy atom. The van der Waals surface area contributed by atoms with Crippen molar-refractivity contribution in [3.8, 4) is 20.2 Å². The van der Waals surface area contributed by atoms with Gasteiger partial charge in [0, 0.05) is 15.3 Å². The Balaban J connectivity index is 2.20. The van der Waals surface area contributed by atoms with E-state index in [4.69, 9.17) is 5.11 Å². The van der Waals surface area contributed by atoms with Crippen molar-refractivity contribution < 1.29 is 9.90 Å². The molecule has 0 aliphatic carbocycles. The number of carboxylic acid groups (broad SMARTS) is 1. The molecule has 1 N–H and O–H groups in total. The van der Waals surface area contributed by atoms with Crippen LogP contribution in [0.25, 0.3) is 20.2 Å². The topological polar surface area (TPSA) is 37.3 Å². The van der Waals surface area contributed by atoms with Crippen LogP contribution in [0.15, 0.2) is 41.1 Å². The van der Waals surface area contributed by atoms with Gasteiger partial charge in [0.05, 0.1) is 4.88 Å². The number of hydrogen-bond acceptors (Lipinski definition) is 4. The average Bonchev–Trinajstić information content (AvgIpc) is 3.10. The number of carboxylic acids is 1. The molecule has 0 saturated carbocycles. The number of hydrogen-bond donors (Lipinski definition) is 1. The van der Waals surface area contributed by atoms with E-state index in [9.17, 15) is 4.79 Å². The van der Waals surface area contributed by atoms with Crippen LogP contribution in [0, 0.1) is 0 Å². The predicted octanol–water partition coefficient (Wildman–Crippen LogP) is 4.90. The first-order chi connectivity index (χ1) is 8.75. The molecule has 3 aromatic rings. The highest BCUT2D eigenvalue weighted by molar-refractivity contribution is 7.23. The van der Waals surface area contributed by atoms with Crippen LogP contribution in [-0.4, -0.2) is 11.1 Å². The molecule has 0 spiro atoms. The van der Waals surface area contributed by atoms with Gasteiger partial charge in [0.1, 0.15) is 4.88 Å². The Kier molecular flexibility index (Phi) is 3.03. The van der Waals surface area contributed by atoms with Crippen LogP contribution < -0.4 is 0 Å². The Morgan fingerprint density at radius 1 is 1.06 bits per heavy atom. The fraction of sp³-hybridized carbons (Fsp3) is 0. The van der Waals surface area contributed by atoms with E-state index < -0.39 is 5.97 Å². The summed E-state index contributed by atoms with van der Waals surface area (Å²) in [4.78, 5) is 14.8. The highest BCUT2D eigenvalue weighted by Crippen LogP contribution is 2.42. The molecule has 0 atom stereocenters. The molecule has 0 bridgehead atoms. The zero-order valence-corrected chi connectivity index (χ0v) is 11.6. The first-order valence-corrected chi connectivity index (χ1v) is 7.78. The number of carbonyl (C=O) groups is 1. The lowest BCUT2D eigenvalue weighted by atomic mass is 10.2. The van der Waals surface area contributed by atoms with Gasteiger partial charge in [0.2, 0.25) is 0 Å². The lowest BCUT2D eigenvalue weighted by molar-refractivity contribution is 0.0702. The van der Waals surface area contributed by atoms with Crippen molar-refractivity contribution in [1.82, 2.24) is 0 Å². The van der Waals surface area contributed by atoms with Crippen molar-refractivity contribution in [2.45, 2.75) is 0 Å². The molecule has 3 rings (SSSR count). The van der Waals surface area contributed by atoms with Gasteiger partial charge in [-0.3, -0.25) is 0 Å². The molecule has 2 nitrogen and oxygen atoms in total. The summed E-state index contributed by atoms with van der Waals surface area (Å²) in [6.07, 6.45) is 0. The van der Waals surface area contributed by atoms with Crippen LogP contribution in [0.4, 0.5) is 0 Å². The van der Waals surface area contributed by atoms with Gasteiger partial charge in [-0.1, -0.05) is 12.1 Å². The second-order valence-electron chi connectivity index (χ2n) is 3.61. The van der Waals surface area contributed by atoms with Gasteiger partial charge >= 0.3 is 5.97 Å². The normalized spacial score (nSPS) is 10.7. The van der Waals surface area contributed by atoms with Crippen LogP contribution in [0.5, 0.6) is 0 Å². The molecular formula is C13H8O2S3. The summed E-state index contributed by atoms with van der Waals surface area (Å²) in [5, 5.41) is 13.1. The molecule has 0 unspecified atom stereocenters. The second-order valence-corrected chi connectivity index (χ2v) is 6.56. The van der Waals surface area contributed by atoms with Crippen LogP contribution in [0.3, 0.4) is 0 Å². The first kappa shape index (κ1) is 11.6. The molecule has 18 heavy (non-hydrogen) atoms. The van der Waals surface area contributed by atoms with E-state index >= 15 is 0 Å². The van der Waals surface area contributed by atoms with Gasteiger partial charge in [-0.15, -0.1) is 34.0 Å². The molecule has 0 aromatic carbocycles. The molecular weight excluding hydrogens is 284 g/mol. The highest BCUT2D eigenvalue weighted by Gasteiger charge is 2.17. The van der Waals surface area contributed by atoms with Gasteiger partial charge in [-0.2, -0.15) is 0 Å². The van der Waals surface area contributed by atoms with E-state index in [0.29, 0.717) is 4.88 Å². The van der Waals surface area contributed by atoms with E-state index in [-0.39, 0.29) is 0 Å². The predicted molar refractivity (Wildman–Crippen MR) is 77.9 cm³/mol. The summed E-state index contributed by atoms with van der Waals surface area (Å²) in [5.74, 6) is -0.861. The number of rotatable bonds is 3. The van der Waals surface area contributed by atoms with Crippen LogP contribution in [0.2, 0.25) is 0 Å². The Labute approximate surface area is 116 Å². The fourth-order valence-corrected chi connectivity index (χ4v) is 4.39. The molecule has 0 amide bonds. The minimum absolute atomic E-state index is 0.391. The molecule has 3 heterocycles. The summed E-state index contributed by atoms with van der Waals surface area (Å²) < 4.78 is 0. The maximum absolute atomic E-state index is 11.1. The third-order valence-corrected chi connectivity index (χ3v) is 5.55. The Hall–Kier alpha value is -1.43. The number of aromatic carboxylic acids is 1. The molecule has 0 aliphatic rings. The monoisotopic (exact) mass is 292 g/mol. The third-order valence-electron chi connectivity index (χ3n) is 2.47. The van der Waals surface area contributed by atoms with Crippen molar-refractivity contribution in [2.75, 3.05) is 0 Å². The molecule has 90 valence electrons. The minimum Gasteiger partial charge on any atom is -0.477 e. The molecule has 5 heteroatoms. The highest BCUT2D eigenvalue weighted by atomic mass is 32.1. The number of thiophene rings is 3. The summed E-state index contributed by atoms with van der Waals surface area (Å²) in [5.41, 5.74) is 1.02. The van der Waals surface area contributed by atoms with Crippen molar-refractivity contribution in [3.63, 3.8) is 0 Å². The summed E-state index contributed by atoms with van der Waals surface area (Å²) >= 11 is 4.61. The van der Waals surface area contributed by atoms with E-state index in [2.05, 4.69) is 0 Å². The molecule has 0 fully saturated rings. The lowest BCUT2D eigenvalue weighted by Gasteiger charge is -1.97.